The molecule has 1 rings (SSSR count). The highest BCUT2D eigenvalue weighted by molar-refractivity contribution is 6.31. The van der Waals surface area contributed by atoms with Crippen LogP contribution in [-0.2, 0) is 11.3 Å². The minimum absolute atomic E-state index is 0.0394. The molecular weight excluding hydrogens is 267 g/mol. The fraction of sp³-hybridized carbons (Fsp3) is 0.500. The normalized spacial score (nSPS) is 12.3. The fourth-order valence-electron chi connectivity index (χ4n) is 1.84. The SMILES string of the molecule is CCN(CC)C(=O)C(C)NCc1cc(F)ccc1Cl. The van der Waals surface area contributed by atoms with Crippen LogP contribution < -0.4 is 5.32 Å². The first-order valence-corrected chi connectivity index (χ1v) is 6.83. The summed E-state index contributed by atoms with van der Waals surface area (Å²) in [4.78, 5) is 13.8. The Hall–Kier alpha value is -1.13. The molecule has 0 aliphatic carbocycles. The fourth-order valence-corrected chi connectivity index (χ4v) is 2.02. The van der Waals surface area contributed by atoms with Gasteiger partial charge in [0, 0.05) is 24.7 Å². The predicted octanol–water partition coefficient (Wildman–Crippen LogP) is 2.83. The zero-order valence-corrected chi connectivity index (χ0v) is 12.3. The second kappa shape index (κ2) is 7.46. The van der Waals surface area contributed by atoms with E-state index in [4.69, 9.17) is 11.6 Å². The molecule has 0 spiro atoms. The van der Waals surface area contributed by atoms with Crippen molar-refractivity contribution in [2.45, 2.75) is 33.4 Å². The van der Waals surface area contributed by atoms with Crippen LogP contribution in [0.5, 0.6) is 0 Å². The molecule has 0 saturated heterocycles. The molecule has 3 nitrogen and oxygen atoms in total. The maximum Gasteiger partial charge on any atom is 0.239 e. The van der Waals surface area contributed by atoms with Crippen molar-refractivity contribution in [3.63, 3.8) is 0 Å². The van der Waals surface area contributed by atoms with E-state index in [1.807, 2.05) is 13.8 Å². The molecule has 19 heavy (non-hydrogen) atoms. The Labute approximate surface area is 118 Å². The van der Waals surface area contributed by atoms with Gasteiger partial charge < -0.3 is 10.2 Å². The Morgan fingerprint density at radius 2 is 2.05 bits per heavy atom. The summed E-state index contributed by atoms with van der Waals surface area (Å²) in [6, 6.07) is 3.89. The Bertz CT molecular complexity index is 435. The number of carbonyl (C=O) groups is 1. The van der Waals surface area contributed by atoms with Gasteiger partial charge in [0.15, 0.2) is 0 Å². The molecule has 0 aliphatic heterocycles. The van der Waals surface area contributed by atoms with Crippen molar-refractivity contribution in [1.29, 1.82) is 0 Å². The third-order valence-corrected chi connectivity index (χ3v) is 3.42. The standard InChI is InChI=1S/C14H20ClFN2O/c1-4-18(5-2)14(19)10(3)17-9-11-8-12(16)6-7-13(11)15/h6-8,10,17H,4-5,9H2,1-3H3. The lowest BCUT2D eigenvalue weighted by molar-refractivity contribution is -0.132. The first-order valence-electron chi connectivity index (χ1n) is 6.45. The summed E-state index contributed by atoms with van der Waals surface area (Å²) < 4.78 is 13.1. The van der Waals surface area contributed by atoms with Gasteiger partial charge in [0.2, 0.25) is 5.91 Å². The number of nitrogens with one attached hydrogen (secondary N) is 1. The molecule has 1 amide bonds. The maximum atomic E-state index is 13.1. The lowest BCUT2D eigenvalue weighted by atomic mass is 10.2. The molecule has 5 heteroatoms. The van der Waals surface area contributed by atoms with Crippen molar-refractivity contribution >= 4 is 17.5 Å². The molecule has 0 bridgehead atoms. The van der Waals surface area contributed by atoms with Gasteiger partial charge in [-0.25, -0.2) is 4.39 Å². The topological polar surface area (TPSA) is 32.3 Å². The van der Waals surface area contributed by atoms with E-state index in [-0.39, 0.29) is 17.8 Å². The summed E-state index contributed by atoms with van der Waals surface area (Å²) >= 11 is 5.97. The van der Waals surface area contributed by atoms with Crippen molar-refractivity contribution in [3.05, 3.63) is 34.6 Å². The summed E-state index contributed by atoms with van der Waals surface area (Å²) in [6.07, 6.45) is 0. The Morgan fingerprint density at radius 1 is 1.42 bits per heavy atom. The Balaban J connectivity index is 2.61. The summed E-state index contributed by atoms with van der Waals surface area (Å²) in [5, 5.41) is 3.57. The zero-order valence-electron chi connectivity index (χ0n) is 11.5. The molecule has 0 saturated carbocycles. The molecule has 0 radical (unpaired) electrons. The van der Waals surface area contributed by atoms with Gasteiger partial charge in [0.05, 0.1) is 6.04 Å². The average molecular weight is 287 g/mol. The van der Waals surface area contributed by atoms with E-state index in [0.717, 1.165) is 0 Å². The number of halogens is 2. The number of nitrogens with zero attached hydrogens (tertiary/aromatic N) is 1. The van der Waals surface area contributed by atoms with Gasteiger partial charge in [-0.1, -0.05) is 11.6 Å². The van der Waals surface area contributed by atoms with Gasteiger partial charge in [0.1, 0.15) is 5.82 Å². The van der Waals surface area contributed by atoms with Crippen molar-refractivity contribution in [3.8, 4) is 0 Å². The molecule has 0 fully saturated rings. The van der Waals surface area contributed by atoms with Crippen LogP contribution >= 0.6 is 11.6 Å². The van der Waals surface area contributed by atoms with E-state index < -0.39 is 0 Å². The van der Waals surface area contributed by atoms with Gasteiger partial charge >= 0.3 is 0 Å². The van der Waals surface area contributed by atoms with E-state index in [0.29, 0.717) is 30.2 Å². The van der Waals surface area contributed by atoms with Gasteiger partial charge in [-0.2, -0.15) is 0 Å². The predicted molar refractivity (Wildman–Crippen MR) is 75.6 cm³/mol. The van der Waals surface area contributed by atoms with E-state index in [1.54, 1.807) is 11.8 Å². The number of rotatable bonds is 6. The average Bonchev–Trinajstić information content (AvgIpc) is 2.40. The quantitative estimate of drug-likeness (QED) is 0.872. The second-order valence-corrected chi connectivity index (χ2v) is 4.76. The van der Waals surface area contributed by atoms with Gasteiger partial charge in [0.25, 0.3) is 0 Å². The van der Waals surface area contributed by atoms with Crippen molar-refractivity contribution in [2.75, 3.05) is 13.1 Å². The minimum atomic E-state index is -0.330. The minimum Gasteiger partial charge on any atom is -0.342 e. The van der Waals surface area contributed by atoms with E-state index >= 15 is 0 Å². The molecule has 1 aromatic rings. The number of hydrogen-bond donors (Lipinski definition) is 1. The maximum absolute atomic E-state index is 13.1. The highest BCUT2D eigenvalue weighted by Crippen LogP contribution is 2.16. The molecule has 0 aromatic heterocycles. The van der Waals surface area contributed by atoms with Crippen LogP contribution in [0.25, 0.3) is 0 Å². The molecule has 106 valence electrons. The number of hydrogen-bond acceptors (Lipinski definition) is 2. The van der Waals surface area contributed by atoms with Crippen LogP contribution in [0.3, 0.4) is 0 Å². The lowest BCUT2D eigenvalue weighted by Gasteiger charge is -2.23. The van der Waals surface area contributed by atoms with Crippen LogP contribution in [0.15, 0.2) is 18.2 Å². The van der Waals surface area contributed by atoms with Crippen LogP contribution in [0.2, 0.25) is 5.02 Å². The number of amides is 1. The van der Waals surface area contributed by atoms with Crippen LogP contribution in [-0.4, -0.2) is 29.9 Å². The zero-order chi connectivity index (χ0) is 14.4. The molecule has 1 atom stereocenters. The lowest BCUT2D eigenvalue weighted by Crippen LogP contribution is -2.44. The van der Waals surface area contributed by atoms with Crippen LogP contribution in [0.4, 0.5) is 4.39 Å². The second-order valence-electron chi connectivity index (χ2n) is 4.35. The van der Waals surface area contributed by atoms with Gasteiger partial charge in [-0.15, -0.1) is 0 Å². The van der Waals surface area contributed by atoms with E-state index in [1.165, 1.54) is 18.2 Å². The van der Waals surface area contributed by atoms with E-state index in [2.05, 4.69) is 5.32 Å². The first kappa shape index (κ1) is 15.9. The van der Waals surface area contributed by atoms with Gasteiger partial charge in [-0.3, -0.25) is 4.79 Å². The summed E-state index contributed by atoms with van der Waals surface area (Å²) in [5.74, 6) is -0.290. The first-order chi connectivity index (χ1) is 8.99. The third kappa shape index (κ3) is 4.48. The largest absolute Gasteiger partial charge is 0.342 e. The van der Waals surface area contributed by atoms with Crippen LogP contribution in [0.1, 0.15) is 26.3 Å². The van der Waals surface area contributed by atoms with Crippen molar-refractivity contribution < 1.29 is 9.18 Å². The monoisotopic (exact) mass is 286 g/mol. The third-order valence-electron chi connectivity index (χ3n) is 3.05. The molecular formula is C14H20ClFN2O. The summed E-state index contributed by atoms with van der Waals surface area (Å²) in [7, 11) is 0. The number of carbonyl (C=O) groups excluding carboxylic acids is 1. The van der Waals surface area contributed by atoms with E-state index in [9.17, 15) is 9.18 Å². The van der Waals surface area contributed by atoms with Crippen molar-refractivity contribution in [2.24, 2.45) is 0 Å². The highest BCUT2D eigenvalue weighted by atomic mass is 35.5. The smallest absolute Gasteiger partial charge is 0.239 e. The molecule has 0 heterocycles. The molecule has 1 unspecified atom stereocenters. The summed E-state index contributed by atoms with van der Waals surface area (Å²) in [6.45, 7) is 7.41. The Kier molecular flexibility index (Phi) is 6.25. The van der Waals surface area contributed by atoms with Gasteiger partial charge in [-0.05, 0) is 44.5 Å². The Morgan fingerprint density at radius 3 is 2.63 bits per heavy atom. The highest BCUT2D eigenvalue weighted by Gasteiger charge is 2.17. The van der Waals surface area contributed by atoms with Crippen LogP contribution in [0, 0.1) is 5.82 Å². The van der Waals surface area contributed by atoms with Crippen molar-refractivity contribution in [1.82, 2.24) is 10.2 Å². The number of likely N-dealkylation sites (N-methyl/N-ethyl adjacent to an activating group) is 1. The molecule has 1 N–H and O–H groups in total. The molecule has 0 aliphatic rings. The number of benzene rings is 1. The molecule has 1 aromatic carbocycles. The summed E-state index contributed by atoms with van der Waals surface area (Å²) in [5.41, 5.74) is 0.654.